The SMILES string of the molecule is CCOC(=O)c1ccc(Oc2cnccn2)cc1. The third-order valence-corrected chi connectivity index (χ3v) is 2.13. The third-order valence-electron chi connectivity index (χ3n) is 2.13. The molecule has 92 valence electrons. The minimum atomic E-state index is -0.344. The molecule has 1 aromatic carbocycles. The summed E-state index contributed by atoms with van der Waals surface area (Å²) in [5.74, 6) is 0.647. The van der Waals surface area contributed by atoms with Crippen LogP contribution in [0, 0.1) is 0 Å². The van der Waals surface area contributed by atoms with Gasteiger partial charge in [0, 0.05) is 12.4 Å². The topological polar surface area (TPSA) is 61.3 Å². The molecule has 0 fully saturated rings. The average molecular weight is 244 g/mol. The second-order valence-corrected chi connectivity index (χ2v) is 3.39. The zero-order chi connectivity index (χ0) is 12.8. The zero-order valence-corrected chi connectivity index (χ0v) is 9.87. The predicted molar refractivity (Wildman–Crippen MR) is 64.5 cm³/mol. The van der Waals surface area contributed by atoms with Gasteiger partial charge in [0.05, 0.1) is 18.4 Å². The van der Waals surface area contributed by atoms with Crippen LogP contribution in [0.4, 0.5) is 0 Å². The molecular formula is C13H12N2O3. The molecule has 0 saturated carbocycles. The number of nitrogens with zero attached hydrogens (tertiary/aromatic N) is 2. The van der Waals surface area contributed by atoms with Gasteiger partial charge in [0.2, 0.25) is 5.88 Å². The molecule has 2 rings (SSSR count). The Kier molecular flexibility index (Phi) is 3.86. The standard InChI is InChI=1S/C13H12N2O3/c1-2-17-13(16)10-3-5-11(6-4-10)18-12-9-14-7-8-15-12/h3-9H,2H2,1H3. The Balaban J connectivity index is 2.06. The first kappa shape index (κ1) is 12.0. The van der Waals surface area contributed by atoms with E-state index in [1.54, 1.807) is 43.6 Å². The van der Waals surface area contributed by atoms with Gasteiger partial charge in [-0.15, -0.1) is 0 Å². The van der Waals surface area contributed by atoms with E-state index in [0.717, 1.165) is 0 Å². The fourth-order valence-corrected chi connectivity index (χ4v) is 1.33. The molecule has 18 heavy (non-hydrogen) atoms. The van der Waals surface area contributed by atoms with Crippen LogP contribution in [0.15, 0.2) is 42.9 Å². The van der Waals surface area contributed by atoms with Crippen molar-refractivity contribution in [3.8, 4) is 11.6 Å². The van der Waals surface area contributed by atoms with Gasteiger partial charge in [-0.05, 0) is 31.2 Å². The van der Waals surface area contributed by atoms with Gasteiger partial charge >= 0.3 is 5.97 Å². The fraction of sp³-hybridized carbons (Fsp3) is 0.154. The lowest BCUT2D eigenvalue weighted by molar-refractivity contribution is 0.0526. The van der Waals surface area contributed by atoms with Crippen molar-refractivity contribution in [2.45, 2.75) is 6.92 Å². The van der Waals surface area contributed by atoms with Gasteiger partial charge in [0.15, 0.2) is 0 Å². The smallest absolute Gasteiger partial charge is 0.338 e. The van der Waals surface area contributed by atoms with Gasteiger partial charge in [0.1, 0.15) is 5.75 Å². The summed E-state index contributed by atoms with van der Waals surface area (Å²) >= 11 is 0. The number of carbonyl (C=O) groups is 1. The van der Waals surface area contributed by atoms with E-state index in [4.69, 9.17) is 9.47 Å². The highest BCUT2D eigenvalue weighted by molar-refractivity contribution is 5.89. The number of hydrogen-bond acceptors (Lipinski definition) is 5. The summed E-state index contributed by atoms with van der Waals surface area (Å²) in [5.41, 5.74) is 0.489. The van der Waals surface area contributed by atoms with Crippen LogP contribution in [0.25, 0.3) is 0 Å². The maximum absolute atomic E-state index is 11.4. The number of benzene rings is 1. The minimum absolute atomic E-state index is 0.344. The van der Waals surface area contributed by atoms with Crippen LogP contribution in [-0.2, 0) is 4.74 Å². The molecule has 2 aromatic rings. The first-order valence-corrected chi connectivity index (χ1v) is 5.50. The molecule has 0 unspecified atom stereocenters. The summed E-state index contributed by atoms with van der Waals surface area (Å²) in [4.78, 5) is 19.3. The summed E-state index contributed by atoms with van der Waals surface area (Å²) in [5, 5.41) is 0. The van der Waals surface area contributed by atoms with Gasteiger partial charge in [0.25, 0.3) is 0 Å². The lowest BCUT2D eigenvalue weighted by Crippen LogP contribution is -2.04. The van der Waals surface area contributed by atoms with Crippen molar-refractivity contribution in [1.82, 2.24) is 9.97 Å². The van der Waals surface area contributed by atoms with E-state index in [9.17, 15) is 4.79 Å². The first-order chi connectivity index (χ1) is 8.79. The van der Waals surface area contributed by atoms with Crippen LogP contribution >= 0.6 is 0 Å². The number of carbonyl (C=O) groups excluding carboxylic acids is 1. The van der Waals surface area contributed by atoms with Crippen LogP contribution in [0.5, 0.6) is 11.6 Å². The van der Waals surface area contributed by atoms with E-state index in [0.29, 0.717) is 23.8 Å². The Bertz CT molecular complexity index is 512. The fourth-order valence-electron chi connectivity index (χ4n) is 1.33. The largest absolute Gasteiger partial charge is 0.462 e. The van der Waals surface area contributed by atoms with Gasteiger partial charge in [-0.2, -0.15) is 0 Å². The molecule has 0 aliphatic carbocycles. The molecule has 0 bridgehead atoms. The first-order valence-electron chi connectivity index (χ1n) is 5.50. The molecule has 5 nitrogen and oxygen atoms in total. The molecule has 0 aliphatic heterocycles. The molecule has 0 radical (unpaired) electrons. The Morgan fingerprint density at radius 3 is 2.61 bits per heavy atom. The Labute approximate surface area is 104 Å². The summed E-state index contributed by atoms with van der Waals surface area (Å²) < 4.78 is 10.3. The number of rotatable bonds is 4. The van der Waals surface area contributed by atoms with Crippen molar-refractivity contribution >= 4 is 5.97 Å². The normalized spacial score (nSPS) is 9.83. The molecular weight excluding hydrogens is 232 g/mol. The Morgan fingerprint density at radius 1 is 1.22 bits per heavy atom. The van der Waals surface area contributed by atoms with Crippen LogP contribution in [0.2, 0.25) is 0 Å². The van der Waals surface area contributed by atoms with E-state index < -0.39 is 0 Å². The number of ether oxygens (including phenoxy) is 2. The van der Waals surface area contributed by atoms with Crippen LogP contribution in [0.1, 0.15) is 17.3 Å². The highest BCUT2D eigenvalue weighted by Crippen LogP contribution is 2.18. The summed E-state index contributed by atoms with van der Waals surface area (Å²) in [6.45, 7) is 2.13. The van der Waals surface area contributed by atoms with Crippen molar-refractivity contribution in [2.75, 3.05) is 6.61 Å². The summed E-state index contributed by atoms with van der Waals surface area (Å²) in [6.07, 6.45) is 4.62. The number of esters is 1. The van der Waals surface area contributed by atoms with E-state index in [1.807, 2.05) is 0 Å². The molecule has 5 heteroatoms. The molecule has 1 aromatic heterocycles. The van der Waals surface area contributed by atoms with Gasteiger partial charge in [-0.3, -0.25) is 4.98 Å². The molecule has 0 amide bonds. The summed E-state index contributed by atoms with van der Waals surface area (Å²) in [7, 11) is 0. The van der Waals surface area contributed by atoms with Crippen molar-refractivity contribution in [1.29, 1.82) is 0 Å². The Hall–Kier alpha value is -2.43. The maximum Gasteiger partial charge on any atom is 0.338 e. The van der Waals surface area contributed by atoms with Gasteiger partial charge in [-0.1, -0.05) is 0 Å². The highest BCUT2D eigenvalue weighted by atomic mass is 16.5. The van der Waals surface area contributed by atoms with Crippen molar-refractivity contribution in [3.05, 3.63) is 48.4 Å². The second-order valence-electron chi connectivity index (χ2n) is 3.39. The molecule has 0 atom stereocenters. The van der Waals surface area contributed by atoms with Gasteiger partial charge in [-0.25, -0.2) is 9.78 Å². The molecule has 0 saturated heterocycles. The molecule has 0 spiro atoms. The lowest BCUT2D eigenvalue weighted by Gasteiger charge is -2.05. The summed E-state index contributed by atoms with van der Waals surface area (Å²) in [6, 6.07) is 6.65. The minimum Gasteiger partial charge on any atom is -0.462 e. The second kappa shape index (κ2) is 5.77. The van der Waals surface area contributed by atoms with Crippen molar-refractivity contribution < 1.29 is 14.3 Å². The van der Waals surface area contributed by atoms with Crippen LogP contribution in [-0.4, -0.2) is 22.5 Å². The molecule has 1 heterocycles. The van der Waals surface area contributed by atoms with E-state index in [-0.39, 0.29) is 5.97 Å². The van der Waals surface area contributed by atoms with Crippen LogP contribution in [0.3, 0.4) is 0 Å². The predicted octanol–water partition coefficient (Wildman–Crippen LogP) is 2.45. The van der Waals surface area contributed by atoms with E-state index in [1.165, 1.54) is 6.20 Å². The number of aromatic nitrogens is 2. The zero-order valence-electron chi connectivity index (χ0n) is 9.87. The van der Waals surface area contributed by atoms with Crippen molar-refractivity contribution in [2.24, 2.45) is 0 Å². The van der Waals surface area contributed by atoms with E-state index in [2.05, 4.69) is 9.97 Å². The lowest BCUT2D eigenvalue weighted by atomic mass is 10.2. The van der Waals surface area contributed by atoms with E-state index >= 15 is 0 Å². The highest BCUT2D eigenvalue weighted by Gasteiger charge is 2.06. The maximum atomic E-state index is 11.4. The van der Waals surface area contributed by atoms with Gasteiger partial charge < -0.3 is 9.47 Å². The quantitative estimate of drug-likeness (QED) is 0.773. The molecule has 0 N–H and O–H groups in total. The number of hydrogen-bond donors (Lipinski definition) is 0. The molecule has 0 aliphatic rings. The average Bonchev–Trinajstić information content (AvgIpc) is 2.41. The van der Waals surface area contributed by atoms with Crippen LogP contribution < -0.4 is 4.74 Å². The third kappa shape index (κ3) is 3.04. The monoisotopic (exact) mass is 244 g/mol. The van der Waals surface area contributed by atoms with Crippen molar-refractivity contribution in [3.63, 3.8) is 0 Å². The Morgan fingerprint density at radius 2 is 2.00 bits per heavy atom.